The van der Waals surface area contributed by atoms with E-state index < -0.39 is 6.10 Å². The topological polar surface area (TPSA) is 55.8 Å². The van der Waals surface area contributed by atoms with Gasteiger partial charge in [0.25, 0.3) is 0 Å². The molecule has 78 valence electrons. The van der Waals surface area contributed by atoms with Crippen LogP contribution in [-0.4, -0.2) is 35.5 Å². The van der Waals surface area contributed by atoms with Crippen LogP contribution >= 0.6 is 0 Å². The molecule has 1 fully saturated rings. The van der Waals surface area contributed by atoms with Crippen molar-refractivity contribution in [3.05, 3.63) is 12.2 Å². The van der Waals surface area contributed by atoms with Gasteiger partial charge < -0.3 is 14.6 Å². The molecule has 14 heavy (non-hydrogen) atoms. The summed E-state index contributed by atoms with van der Waals surface area (Å²) < 4.78 is 10.6. The van der Waals surface area contributed by atoms with Gasteiger partial charge in [-0.15, -0.1) is 0 Å². The Kier molecular flexibility index (Phi) is 2.56. The molecule has 2 aliphatic rings. The van der Waals surface area contributed by atoms with Gasteiger partial charge in [-0.3, -0.25) is 4.79 Å². The Labute approximate surface area is 82.5 Å². The second kappa shape index (κ2) is 3.71. The zero-order chi connectivity index (χ0) is 10.1. The van der Waals surface area contributed by atoms with E-state index in [9.17, 15) is 9.90 Å². The molecule has 4 heteroatoms. The number of cyclic esters (lactones) is 1. The summed E-state index contributed by atoms with van der Waals surface area (Å²) in [4.78, 5) is 10.9. The fourth-order valence-corrected chi connectivity index (χ4v) is 1.76. The first kappa shape index (κ1) is 9.68. The maximum absolute atomic E-state index is 10.9. The third-order valence-corrected chi connectivity index (χ3v) is 2.56. The highest BCUT2D eigenvalue weighted by Gasteiger charge is 2.35. The Balaban J connectivity index is 1.90. The number of aliphatic hydroxyl groups excluding tert-OH is 1. The molecule has 2 heterocycles. The van der Waals surface area contributed by atoms with Crippen LogP contribution in [-0.2, 0) is 14.3 Å². The van der Waals surface area contributed by atoms with Crippen molar-refractivity contribution in [2.45, 2.75) is 44.2 Å². The maximum atomic E-state index is 10.9. The van der Waals surface area contributed by atoms with Crippen LogP contribution in [0.5, 0.6) is 0 Å². The summed E-state index contributed by atoms with van der Waals surface area (Å²) in [6.45, 7) is 1.68. The van der Waals surface area contributed by atoms with Crippen LogP contribution in [0.4, 0.5) is 0 Å². The fraction of sp³-hybridized carbons (Fsp3) is 0.700. The van der Waals surface area contributed by atoms with Gasteiger partial charge in [-0.2, -0.15) is 0 Å². The molecule has 4 nitrogen and oxygen atoms in total. The average molecular weight is 198 g/mol. The van der Waals surface area contributed by atoms with Gasteiger partial charge >= 0.3 is 5.97 Å². The number of carbonyl (C=O) groups excluding carboxylic acids is 1. The number of hydrogen-bond donors (Lipinski definition) is 1. The molecule has 2 rings (SSSR count). The lowest BCUT2D eigenvalue weighted by Gasteiger charge is -2.19. The first-order valence-corrected chi connectivity index (χ1v) is 4.88. The predicted octanol–water partition coefficient (Wildman–Crippen LogP) is 0.396. The van der Waals surface area contributed by atoms with Gasteiger partial charge in [0.15, 0.2) is 0 Å². The molecule has 0 aliphatic carbocycles. The van der Waals surface area contributed by atoms with Gasteiger partial charge in [-0.1, -0.05) is 12.2 Å². The van der Waals surface area contributed by atoms with Crippen molar-refractivity contribution < 1.29 is 19.4 Å². The minimum absolute atomic E-state index is 0.160. The lowest BCUT2D eigenvalue weighted by Crippen LogP contribution is -2.30. The summed E-state index contributed by atoms with van der Waals surface area (Å²) in [5, 5.41) is 9.28. The van der Waals surface area contributed by atoms with Crippen LogP contribution in [0.25, 0.3) is 0 Å². The number of esters is 1. The Morgan fingerprint density at radius 2 is 2.36 bits per heavy atom. The molecular formula is C10H14O4. The Morgan fingerprint density at radius 1 is 1.57 bits per heavy atom. The number of hydrogen-bond acceptors (Lipinski definition) is 4. The van der Waals surface area contributed by atoms with Crippen LogP contribution in [0, 0.1) is 0 Å². The lowest BCUT2D eigenvalue weighted by molar-refractivity contribution is -0.146. The van der Waals surface area contributed by atoms with E-state index in [1.54, 1.807) is 6.92 Å². The molecule has 0 spiro atoms. The molecule has 1 saturated heterocycles. The minimum Gasteiger partial charge on any atom is -0.459 e. The molecule has 0 aromatic carbocycles. The quantitative estimate of drug-likeness (QED) is 0.515. The molecule has 1 N–H and O–H groups in total. The molecule has 0 aromatic heterocycles. The summed E-state index contributed by atoms with van der Waals surface area (Å²) in [6.07, 6.45) is 3.73. The molecule has 0 radical (unpaired) electrons. The zero-order valence-corrected chi connectivity index (χ0v) is 8.05. The van der Waals surface area contributed by atoms with E-state index in [2.05, 4.69) is 0 Å². The minimum atomic E-state index is -0.520. The monoisotopic (exact) mass is 198 g/mol. The van der Waals surface area contributed by atoms with Crippen molar-refractivity contribution in [1.29, 1.82) is 0 Å². The number of ether oxygens (including phenoxy) is 2. The molecule has 0 bridgehead atoms. The molecule has 2 aliphatic heterocycles. The summed E-state index contributed by atoms with van der Waals surface area (Å²) in [7, 11) is 0. The van der Waals surface area contributed by atoms with Gasteiger partial charge in [0.1, 0.15) is 18.3 Å². The van der Waals surface area contributed by atoms with E-state index in [4.69, 9.17) is 9.47 Å². The third-order valence-electron chi connectivity index (χ3n) is 2.56. The Hall–Kier alpha value is -0.870. The van der Waals surface area contributed by atoms with Crippen molar-refractivity contribution in [2.75, 3.05) is 0 Å². The van der Waals surface area contributed by atoms with Crippen LogP contribution in [0.2, 0.25) is 0 Å². The van der Waals surface area contributed by atoms with E-state index in [0.29, 0.717) is 12.8 Å². The van der Waals surface area contributed by atoms with E-state index >= 15 is 0 Å². The van der Waals surface area contributed by atoms with Crippen molar-refractivity contribution in [2.24, 2.45) is 0 Å². The largest absolute Gasteiger partial charge is 0.459 e. The normalized spacial score (nSPS) is 38.7. The third kappa shape index (κ3) is 1.81. The average Bonchev–Trinajstić information content (AvgIpc) is 2.70. The second-order valence-electron chi connectivity index (χ2n) is 3.76. The summed E-state index contributed by atoms with van der Waals surface area (Å²) in [5.41, 5.74) is 0. The smallest absolute Gasteiger partial charge is 0.306 e. The lowest BCUT2D eigenvalue weighted by atomic mass is 10.1. The number of carbonyl (C=O) groups is 1. The van der Waals surface area contributed by atoms with Crippen LogP contribution in [0.15, 0.2) is 12.2 Å². The van der Waals surface area contributed by atoms with Crippen molar-refractivity contribution >= 4 is 5.97 Å². The molecular weight excluding hydrogens is 184 g/mol. The Morgan fingerprint density at radius 3 is 2.86 bits per heavy atom. The summed E-state index contributed by atoms with van der Waals surface area (Å²) in [5.74, 6) is -0.160. The van der Waals surface area contributed by atoms with Gasteiger partial charge in [-0.25, -0.2) is 0 Å². The van der Waals surface area contributed by atoms with E-state index in [1.165, 1.54) is 0 Å². The fourth-order valence-electron chi connectivity index (χ4n) is 1.76. The molecule has 4 atom stereocenters. The van der Waals surface area contributed by atoms with Crippen molar-refractivity contribution in [3.63, 3.8) is 0 Å². The highest BCUT2D eigenvalue weighted by molar-refractivity contribution is 5.71. The van der Waals surface area contributed by atoms with Gasteiger partial charge in [-0.05, 0) is 13.3 Å². The molecule has 0 aromatic rings. The summed E-state index contributed by atoms with van der Waals surface area (Å²) >= 11 is 0. The standard InChI is InChI=1S/C10H14O4/c1-6(11)7-2-3-8(13-7)9-4-5-10(12)14-9/h2-3,6-9,11H,4-5H2,1H3/t6-,7-,8+,9+/m0/s1. The van der Waals surface area contributed by atoms with Gasteiger partial charge in [0, 0.05) is 6.42 Å². The highest BCUT2D eigenvalue weighted by atomic mass is 16.6. The number of aliphatic hydroxyl groups is 1. The first-order chi connectivity index (χ1) is 6.66. The van der Waals surface area contributed by atoms with Crippen molar-refractivity contribution in [3.8, 4) is 0 Å². The first-order valence-electron chi connectivity index (χ1n) is 4.88. The second-order valence-corrected chi connectivity index (χ2v) is 3.76. The van der Waals surface area contributed by atoms with Crippen LogP contribution < -0.4 is 0 Å². The predicted molar refractivity (Wildman–Crippen MR) is 48.6 cm³/mol. The van der Waals surface area contributed by atoms with Gasteiger partial charge in [0.05, 0.1) is 6.10 Å². The van der Waals surface area contributed by atoms with Crippen LogP contribution in [0.3, 0.4) is 0 Å². The molecule has 0 unspecified atom stereocenters. The van der Waals surface area contributed by atoms with E-state index in [-0.39, 0.29) is 24.3 Å². The Bertz CT molecular complexity index is 259. The van der Waals surface area contributed by atoms with Crippen LogP contribution in [0.1, 0.15) is 19.8 Å². The SMILES string of the molecule is C[C@H](O)[C@@H]1C=C[C@H]([C@H]2CCC(=O)O2)O1. The van der Waals surface area contributed by atoms with E-state index in [1.807, 2.05) is 12.2 Å². The van der Waals surface area contributed by atoms with Gasteiger partial charge in [0.2, 0.25) is 0 Å². The number of rotatable bonds is 2. The maximum Gasteiger partial charge on any atom is 0.306 e. The summed E-state index contributed by atoms with van der Waals surface area (Å²) in [6, 6.07) is 0. The highest BCUT2D eigenvalue weighted by Crippen LogP contribution is 2.25. The molecule has 0 amide bonds. The van der Waals surface area contributed by atoms with E-state index in [0.717, 1.165) is 0 Å². The zero-order valence-electron chi connectivity index (χ0n) is 8.05. The van der Waals surface area contributed by atoms with Crippen molar-refractivity contribution in [1.82, 2.24) is 0 Å². The molecule has 0 saturated carbocycles.